The van der Waals surface area contributed by atoms with Gasteiger partial charge in [0.05, 0.1) is 0 Å². The van der Waals surface area contributed by atoms with Crippen molar-refractivity contribution in [2.45, 2.75) is 103 Å². The van der Waals surface area contributed by atoms with Crippen molar-refractivity contribution in [3.63, 3.8) is 0 Å². The van der Waals surface area contributed by atoms with E-state index in [0.29, 0.717) is 6.04 Å². The van der Waals surface area contributed by atoms with Gasteiger partial charge in [-0.25, -0.2) is 0 Å². The van der Waals surface area contributed by atoms with Gasteiger partial charge in [-0.3, -0.25) is 0 Å². The van der Waals surface area contributed by atoms with Crippen molar-refractivity contribution in [3.8, 4) is 0 Å². The Bertz CT molecular complexity index is 303. The monoisotopic (exact) mass is 280 g/mol. The molecule has 0 aromatic carbocycles. The summed E-state index contributed by atoms with van der Waals surface area (Å²) < 4.78 is 0. The largest absolute Gasteiger partial charge is 0.311 e. The number of rotatable bonds is 3. The van der Waals surface area contributed by atoms with Crippen molar-refractivity contribution in [2.24, 2.45) is 11.8 Å². The van der Waals surface area contributed by atoms with Crippen LogP contribution in [0.1, 0.15) is 80.1 Å². The molecule has 118 valence electrons. The van der Waals surface area contributed by atoms with Gasteiger partial charge in [-0.1, -0.05) is 26.7 Å². The second kappa shape index (κ2) is 5.96. The van der Waals surface area contributed by atoms with E-state index in [1.165, 1.54) is 38.5 Å². The van der Waals surface area contributed by atoms with Crippen molar-refractivity contribution < 1.29 is 0 Å². The van der Waals surface area contributed by atoms with Gasteiger partial charge in [0.25, 0.3) is 0 Å². The second-order valence-corrected chi connectivity index (χ2v) is 8.96. The van der Waals surface area contributed by atoms with Gasteiger partial charge < -0.3 is 10.6 Å². The molecule has 2 nitrogen and oxygen atoms in total. The summed E-state index contributed by atoms with van der Waals surface area (Å²) in [7, 11) is 0. The van der Waals surface area contributed by atoms with Crippen LogP contribution in [-0.2, 0) is 0 Å². The van der Waals surface area contributed by atoms with E-state index < -0.39 is 0 Å². The maximum Gasteiger partial charge on any atom is 0.0144 e. The Morgan fingerprint density at radius 3 is 2.05 bits per heavy atom. The van der Waals surface area contributed by atoms with Crippen LogP contribution in [0.3, 0.4) is 0 Å². The van der Waals surface area contributed by atoms with Crippen LogP contribution >= 0.6 is 0 Å². The average molecular weight is 281 g/mol. The molecule has 1 aliphatic carbocycles. The van der Waals surface area contributed by atoms with Crippen LogP contribution in [0.4, 0.5) is 0 Å². The molecule has 1 aliphatic heterocycles. The number of nitrogens with one attached hydrogen (secondary N) is 2. The Morgan fingerprint density at radius 2 is 1.50 bits per heavy atom. The summed E-state index contributed by atoms with van der Waals surface area (Å²) in [5.74, 6) is 1.69. The lowest BCUT2D eigenvalue weighted by atomic mass is 9.75. The van der Waals surface area contributed by atoms with E-state index in [0.717, 1.165) is 17.9 Å². The van der Waals surface area contributed by atoms with Crippen LogP contribution in [0.25, 0.3) is 0 Å². The molecule has 2 fully saturated rings. The topological polar surface area (TPSA) is 24.1 Å². The Kier molecular flexibility index (Phi) is 4.86. The van der Waals surface area contributed by atoms with Crippen LogP contribution in [0, 0.1) is 11.8 Å². The summed E-state index contributed by atoms with van der Waals surface area (Å²) in [4.78, 5) is 0. The Labute approximate surface area is 126 Å². The first-order valence-corrected chi connectivity index (χ1v) is 8.74. The van der Waals surface area contributed by atoms with E-state index in [9.17, 15) is 0 Å². The Morgan fingerprint density at radius 1 is 0.950 bits per heavy atom. The van der Waals surface area contributed by atoms with Crippen LogP contribution in [0.5, 0.6) is 0 Å². The van der Waals surface area contributed by atoms with Gasteiger partial charge >= 0.3 is 0 Å². The lowest BCUT2D eigenvalue weighted by Crippen LogP contribution is -2.63. The molecule has 2 N–H and O–H groups in total. The molecule has 20 heavy (non-hydrogen) atoms. The summed E-state index contributed by atoms with van der Waals surface area (Å²) in [5, 5.41) is 7.85. The number of hydrogen-bond acceptors (Lipinski definition) is 2. The van der Waals surface area contributed by atoms with Gasteiger partial charge in [0.15, 0.2) is 0 Å². The summed E-state index contributed by atoms with van der Waals surface area (Å²) in [6, 6.07) is 1.42. The van der Waals surface area contributed by atoms with Crippen molar-refractivity contribution >= 4 is 0 Å². The molecule has 1 heterocycles. The molecule has 0 aromatic rings. The zero-order valence-electron chi connectivity index (χ0n) is 14.6. The summed E-state index contributed by atoms with van der Waals surface area (Å²) in [5.41, 5.74) is 0.503. The molecule has 1 saturated heterocycles. The smallest absolute Gasteiger partial charge is 0.0144 e. The third kappa shape index (κ3) is 4.21. The minimum absolute atomic E-state index is 0.251. The normalized spacial score (nSPS) is 34.4. The highest BCUT2D eigenvalue weighted by atomic mass is 15.1. The van der Waals surface area contributed by atoms with Gasteiger partial charge in [0, 0.05) is 23.2 Å². The minimum atomic E-state index is 0.251. The summed E-state index contributed by atoms with van der Waals surface area (Å²) >= 11 is 0. The fourth-order valence-corrected chi connectivity index (χ4v) is 4.91. The first kappa shape index (κ1) is 16.3. The maximum atomic E-state index is 4.06. The zero-order chi connectivity index (χ0) is 15.0. The fraction of sp³-hybridized carbons (Fsp3) is 1.00. The quantitative estimate of drug-likeness (QED) is 0.813. The lowest BCUT2D eigenvalue weighted by molar-refractivity contribution is 0.114. The number of hydrogen-bond donors (Lipinski definition) is 2. The molecule has 2 aliphatic rings. The lowest BCUT2D eigenvalue weighted by Gasteiger charge is -2.48. The predicted octanol–water partition coefficient (Wildman–Crippen LogP) is 4.10. The molecule has 2 rings (SSSR count). The van der Waals surface area contributed by atoms with E-state index in [1.807, 2.05) is 0 Å². The predicted molar refractivity (Wildman–Crippen MR) is 88.0 cm³/mol. The maximum absolute atomic E-state index is 4.06. The highest BCUT2D eigenvalue weighted by Gasteiger charge is 2.39. The SMILES string of the molecule is CC(C)C1CCCCC1NC1CC(C)(C)NC(C)(C)C1. The molecular weight excluding hydrogens is 244 g/mol. The first-order valence-electron chi connectivity index (χ1n) is 8.74. The Balaban J connectivity index is 2.00. The molecule has 0 radical (unpaired) electrons. The molecule has 2 atom stereocenters. The zero-order valence-corrected chi connectivity index (χ0v) is 14.6. The van der Waals surface area contributed by atoms with E-state index >= 15 is 0 Å². The van der Waals surface area contributed by atoms with Crippen LogP contribution in [0.15, 0.2) is 0 Å². The molecule has 0 spiro atoms. The molecule has 2 unspecified atom stereocenters. The first-order chi connectivity index (χ1) is 9.19. The van der Waals surface area contributed by atoms with Gasteiger partial charge in [0.1, 0.15) is 0 Å². The fourth-order valence-electron chi connectivity index (χ4n) is 4.91. The summed E-state index contributed by atoms with van der Waals surface area (Å²) in [6.45, 7) is 14.2. The van der Waals surface area contributed by atoms with Crippen LogP contribution in [0.2, 0.25) is 0 Å². The summed E-state index contributed by atoms with van der Waals surface area (Å²) in [6.07, 6.45) is 8.15. The molecular formula is C18H36N2. The minimum Gasteiger partial charge on any atom is -0.311 e. The van der Waals surface area contributed by atoms with E-state index in [2.05, 4.69) is 52.2 Å². The van der Waals surface area contributed by atoms with Gasteiger partial charge in [0.2, 0.25) is 0 Å². The highest BCUT2D eigenvalue weighted by Crippen LogP contribution is 2.33. The molecule has 1 saturated carbocycles. The van der Waals surface area contributed by atoms with Crippen molar-refractivity contribution in [2.75, 3.05) is 0 Å². The van der Waals surface area contributed by atoms with Gasteiger partial charge in [-0.05, 0) is 65.2 Å². The van der Waals surface area contributed by atoms with E-state index in [1.54, 1.807) is 0 Å². The molecule has 0 amide bonds. The highest BCUT2D eigenvalue weighted by molar-refractivity contribution is 5.01. The van der Waals surface area contributed by atoms with Crippen molar-refractivity contribution in [1.29, 1.82) is 0 Å². The number of piperidine rings is 1. The van der Waals surface area contributed by atoms with Crippen molar-refractivity contribution in [3.05, 3.63) is 0 Å². The average Bonchev–Trinajstić information content (AvgIpc) is 2.24. The molecule has 0 aromatic heterocycles. The Hall–Kier alpha value is -0.0800. The van der Waals surface area contributed by atoms with E-state index in [4.69, 9.17) is 0 Å². The van der Waals surface area contributed by atoms with Crippen LogP contribution < -0.4 is 10.6 Å². The van der Waals surface area contributed by atoms with Crippen LogP contribution in [-0.4, -0.2) is 23.2 Å². The molecule has 2 heteroatoms. The standard InChI is InChI=1S/C18H36N2/c1-13(2)15-9-7-8-10-16(15)19-14-11-17(3,4)20-18(5,6)12-14/h13-16,19-20H,7-12H2,1-6H3. The van der Waals surface area contributed by atoms with E-state index in [-0.39, 0.29) is 11.1 Å². The third-order valence-corrected chi connectivity index (χ3v) is 5.32. The second-order valence-electron chi connectivity index (χ2n) is 8.96. The van der Waals surface area contributed by atoms with Gasteiger partial charge in [-0.2, -0.15) is 0 Å². The van der Waals surface area contributed by atoms with Gasteiger partial charge in [-0.15, -0.1) is 0 Å². The molecule has 0 bridgehead atoms. The third-order valence-electron chi connectivity index (χ3n) is 5.32. The van der Waals surface area contributed by atoms with Crippen molar-refractivity contribution in [1.82, 2.24) is 10.6 Å².